The Balaban J connectivity index is 1.45. The molecule has 0 bridgehead atoms. The molecule has 1 saturated heterocycles. The van der Waals surface area contributed by atoms with Gasteiger partial charge in [0.25, 0.3) is 11.8 Å². The second-order valence-corrected chi connectivity index (χ2v) is 9.85. The number of nitrogens with one attached hydrogen (secondary N) is 1. The number of carbonyl (C=O) groups excluding carboxylic acids is 3. The quantitative estimate of drug-likeness (QED) is 0.186. The minimum Gasteiger partial charge on any atom is -0.490 e. The molecule has 4 aromatic rings. The van der Waals surface area contributed by atoms with Crippen LogP contribution in [0.25, 0.3) is 16.8 Å². The van der Waals surface area contributed by atoms with Crippen molar-refractivity contribution in [1.82, 2.24) is 5.32 Å². The van der Waals surface area contributed by atoms with E-state index in [2.05, 4.69) is 21.2 Å². The minimum atomic E-state index is -1.15. The molecule has 206 valence electrons. The van der Waals surface area contributed by atoms with E-state index in [1.54, 1.807) is 12.1 Å². The number of anilines is 1. The summed E-state index contributed by atoms with van der Waals surface area (Å²) < 4.78 is 12.6. The van der Waals surface area contributed by atoms with Gasteiger partial charge in [-0.2, -0.15) is 0 Å². The Labute approximate surface area is 243 Å². The van der Waals surface area contributed by atoms with Gasteiger partial charge in [-0.3, -0.25) is 14.9 Å². The zero-order chi connectivity index (χ0) is 29.1. The van der Waals surface area contributed by atoms with Gasteiger partial charge < -0.3 is 14.6 Å². The predicted molar refractivity (Wildman–Crippen MR) is 156 cm³/mol. The molecule has 0 aliphatic carbocycles. The lowest BCUT2D eigenvalue weighted by Gasteiger charge is -2.26. The van der Waals surface area contributed by atoms with Gasteiger partial charge in [0.15, 0.2) is 11.5 Å². The number of carbonyl (C=O) groups is 4. The second kappa shape index (κ2) is 11.6. The van der Waals surface area contributed by atoms with E-state index in [1.807, 2.05) is 49.4 Å². The predicted octanol–water partition coefficient (Wildman–Crippen LogP) is 5.94. The first-order chi connectivity index (χ1) is 19.8. The van der Waals surface area contributed by atoms with E-state index in [9.17, 15) is 19.2 Å². The minimum absolute atomic E-state index is 0.0125. The van der Waals surface area contributed by atoms with Crippen molar-refractivity contribution in [3.63, 3.8) is 0 Å². The number of imide groups is 2. The van der Waals surface area contributed by atoms with Gasteiger partial charge in [-0.05, 0) is 87.2 Å². The third-order valence-corrected chi connectivity index (χ3v) is 6.96. The van der Waals surface area contributed by atoms with E-state index in [-0.39, 0.29) is 23.4 Å². The summed E-state index contributed by atoms with van der Waals surface area (Å²) in [7, 11) is 0. The second-order valence-electron chi connectivity index (χ2n) is 9.00. The van der Waals surface area contributed by atoms with Crippen LogP contribution < -0.4 is 19.7 Å². The molecular formula is C31H23BrN2O7. The van der Waals surface area contributed by atoms with E-state index < -0.39 is 23.8 Å². The maximum absolute atomic E-state index is 13.3. The van der Waals surface area contributed by atoms with E-state index in [4.69, 9.17) is 14.6 Å². The van der Waals surface area contributed by atoms with Crippen LogP contribution in [0, 0.1) is 0 Å². The first kappa shape index (κ1) is 27.6. The number of fused-ring (bicyclic) bond motifs is 1. The van der Waals surface area contributed by atoms with Crippen LogP contribution in [-0.4, -0.2) is 35.5 Å². The number of halogens is 1. The molecule has 0 spiro atoms. The highest BCUT2D eigenvalue weighted by Gasteiger charge is 2.37. The highest BCUT2D eigenvalue weighted by molar-refractivity contribution is 9.10. The van der Waals surface area contributed by atoms with Crippen LogP contribution in [0.5, 0.6) is 11.5 Å². The molecule has 4 aromatic carbocycles. The Hall–Kier alpha value is -4.96. The summed E-state index contributed by atoms with van der Waals surface area (Å²) in [5.41, 5.74) is 1.26. The van der Waals surface area contributed by atoms with Crippen molar-refractivity contribution in [2.45, 2.75) is 13.5 Å². The van der Waals surface area contributed by atoms with Crippen molar-refractivity contribution in [2.75, 3.05) is 11.5 Å². The highest BCUT2D eigenvalue weighted by atomic mass is 79.9. The summed E-state index contributed by atoms with van der Waals surface area (Å²) in [6.07, 6.45) is 1.35. The van der Waals surface area contributed by atoms with E-state index in [0.29, 0.717) is 28.1 Å². The third-order valence-electron chi connectivity index (χ3n) is 6.37. The first-order valence-electron chi connectivity index (χ1n) is 12.6. The molecule has 0 saturated carbocycles. The summed E-state index contributed by atoms with van der Waals surface area (Å²) in [6, 6.07) is 21.6. The average molecular weight is 615 g/mol. The number of hydrogen-bond acceptors (Lipinski definition) is 6. The molecule has 5 rings (SSSR count). The molecule has 2 N–H and O–H groups in total. The highest BCUT2D eigenvalue weighted by Crippen LogP contribution is 2.38. The van der Waals surface area contributed by atoms with E-state index in [0.717, 1.165) is 21.2 Å². The van der Waals surface area contributed by atoms with Gasteiger partial charge in [0.1, 0.15) is 12.2 Å². The Kier molecular flexibility index (Phi) is 7.84. The standard InChI is InChI=1S/C31H23BrN2O7/c1-2-40-26-16-18(15-25(32)27(26)41-17-21-8-5-7-19-6-3-4-9-23(19)21)14-24-28(35)33-31(39)34(29(24)36)22-12-10-20(11-13-22)30(37)38/h3-16H,2,17H2,1H3,(H,37,38)(H,33,35,39)/b24-14+. The van der Waals surface area contributed by atoms with Crippen LogP contribution in [0.3, 0.4) is 0 Å². The summed E-state index contributed by atoms with van der Waals surface area (Å²) in [5.74, 6) is -2.01. The molecule has 9 nitrogen and oxygen atoms in total. The number of ether oxygens (including phenoxy) is 2. The van der Waals surface area contributed by atoms with Gasteiger partial charge in [0, 0.05) is 0 Å². The van der Waals surface area contributed by atoms with Gasteiger partial charge in [-0.15, -0.1) is 0 Å². The smallest absolute Gasteiger partial charge is 0.335 e. The maximum atomic E-state index is 13.3. The van der Waals surface area contributed by atoms with Crippen LogP contribution in [0.2, 0.25) is 0 Å². The summed E-state index contributed by atoms with van der Waals surface area (Å²) in [4.78, 5) is 50.4. The molecule has 0 unspecified atom stereocenters. The Bertz CT molecular complexity index is 1730. The molecule has 1 aliphatic rings. The molecule has 0 atom stereocenters. The fourth-order valence-corrected chi connectivity index (χ4v) is 5.03. The number of aromatic carboxylic acids is 1. The SMILES string of the molecule is CCOc1cc(/C=C2\C(=O)NC(=O)N(c3ccc(C(=O)O)cc3)C2=O)cc(Br)c1OCc1cccc2ccccc12. The molecule has 10 heteroatoms. The molecule has 4 amide bonds. The van der Waals surface area contributed by atoms with Crippen molar-refractivity contribution in [2.24, 2.45) is 0 Å². The monoisotopic (exact) mass is 614 g/mol. The lowest BCUT2D eigenvalue weighted by atomic mass is 10.1. The van der Waals surface area contributed by atoms with E-state index in [1.165, 1.54) is 30.3 Å². The number of carboxylic acid groups (broad SMARTS) is 1. The topological polar surface area (TPSA) is 122 Å². The number of amides is 4. The molecule has 41 heavy (non-hydrogen) atoms. The van der Waals surface area contributed by atoms with Crippen LogP contribution in [0.1, 0.15) is 28.4 Å². The van der Waals surface area contributed by atoms with Crippen LogP contribution in [-0.2, 0) is 16.2 Å². The number of nitrogens with zero attached hydrogens (tertiary/aromatic N) is 1. The first-order valence-corrected chi connectivity index (χ1v) is 13.4. The van der Waals surface area contributed by atoms with Crippen molar-refractivity contribution in [3.8, 4) is 11.5 Å². The zero-order valence-corrected chi connectivity index (χ0v) is 23.3. The normalized spacial score (nSPS) is 14.3. The number of urea groups is 1. The van der Waals surface area contributed by atoms with Crippen LogP contribution >= 0.6 is 15.9 Å². The molecule has 0 aromatic heterocycles. The van der Waals surface area contributed by atoms with Gasteiger partial charge in [-0.25, -0.2) is 14.5 Å². The summed E-state index contributed by atoms with van der Waals surface area (Å²) in [6.45, 7) is 2.44. The number of rotatable bonds is 8. The van der Waals surface area contributed by atoms with Crippen LogP contribution in [0.15, 0.2) is 88.9 Å². The van der Waals surface area contributed by atoms with Crippen LogP contribution in [0.4, 0.5) is 10.5 Å². The molecule has 0 radical (unpaired) electrons. The third kappa shape index (κ3) is 5.68. The molecule has 1 heterocycles. The Morgan fingerprint density at radius 2 is 1.71 bits per heavy atom. The fourth-order valence-electron chi connectivity index (χ4n) is 4.45. The fraction of sp³-hybridized carbons (Fsp3) is 0.0968. The van der Waals surface area contributed by atoms with E-state index >= 15 is 0 Å². The lowest BCUT2D eigenvalue weighted by molar-refractivity contribution is -0.122. The summed E-state index contributed by atoms with van der Waals surface area (Å²) in [5, 5.41) is 13.5. The number of barbiturate groups is 1. The van der Waals surface area contributed by atoms with Crippen molar-refractivity contribution in [3.05, 3.63) is 106 Å². The number of carboxylic acids is 1. The zero-order valence-electron chi connectivity index (χ0n) is 21.7. The van der Waals surface area contributed by atoms with Crippen molar-refractivity contribution < 1.29 is 33.8 Å². The van der Waals surface area contributed by atoms with Gasteiger partial charge in [-0.1, -0.05) is 42.5 Å². The Morgan fingerprint density at radius 3 is 2.44 bits per heavy atom. The van der Waals surface area contributed by atoms with Crippen molar-refractivity contribution in [1.29, 1.82) is 0 Å². The largest absolute Gasteiger partial charge is 0.490 e. The van der Waals surface area contributed by atoms with Gasteiger partial charge in [0.2, 0.25) is 0 Å². The molecular weight excluding hydrogens is 592 g/mol. The lowest BCUT2D eigenvalue weighted by Crippen LogP contribution is -2.54. The van der Waals surface area contributed by atoms with Gasteiger partial charge in [0.05, 0.1) is 22.3 Å². The molecule has 1 aliphatic heterocycles. The Morgan fingerprint density at radius 1 is 0.976 bits per heavy atom. The summed E-state index contributed by atoms with van der Waals surface area (Å²) >= 11 is 3.53. The number of hydrogen-bond donors (Lipinski definition) is 2. The number of benzene rings is 4. The molecule has 1 fully saturated rings. The maximum Gasteiger partial charge on any atom is 0.335 e. The average Bonchev–Trinajstić information content (AvgIpc) is 2.95. The van der Waals surface area contributed by atoms with Crippen molar-refractivity contribution >= 4 is 62.3 Å². The van der Waals surface area contributed by atoms with Gasteiger partial charge >= 0.3 is 12.0 Å².